The number of allylic oxidation sites excluding steroid dienone is 1. The van der Waals surface area contributed by atoms with Crippen LogP contribution < -0.4 is 0 Å². The molecule has 1 aromatic carbocycles. The molecule has 4 nitrogen and oxygen atoms in total. The van der Waals surface area contributed by atoms with Gasteiger partial charge in [0.25, 0.3) is 0 Å². The predicted octanol–water partition coefficient (Wildman–Crippen LogP) is 2.73. The van der Waals surface area contributed by atoms with E-state index in [0.717, 1.165) is 5.56 Å². The third-order valence-corrected chi connectivity index (χ3v) is 4.42. The lowest BCUT2D eigenvalue weighted by atomic mass is 10.2. The van der Waals surface area contributed by atoms with Gasteiger partial charge in [-0.3, -0.25) is 4.98 Å². The number of pyridine rings is 1. The van der Waals surface area contributed by atoms with Gasteiger partial charge in [0.1, 0.15) is 11.0 Å². The molecule has 0 N–H and O–H groups in total. The lowest BCUT2D eigenvalue weighted by Gasteiger charge is -2.03. The highest BCUT2D eigenvalue weighted by Crippen LogP contribution is 2.21. The Hall–Kier alpha value is -2.45. The van der Waals surface area contributed by atoms with Crippen molar-refractivity contribution in [3.8, 4) is 6.07 Å². The normalized spacial score (nSPS) is 11.9. The van der Waals surface area contributed by atoms with Crippen LogP contribution in [-0.4, -0.2) is 13.4 Å². The summed E-state index contributed by atoms with van der Waals surface area (Å²) in [6.45, 7) is 1.87. The molecule has 1 aromatic heterocycles. The Morgan fingerprint density at radius 3 is 2.30 bits per heavy atom. The maximum Gasteiger partial charge on any atom is 0.216 e. The quantitative estimate of drug-likeness (QED) is 0.812. The van der Waals surface area contributed by atoms with E-state index in [-0.39, 0.29) is 9.80 Å². The Bertz CT molecular complexity index is 771. The smallest absolute Gasteiger partial charge is 0.216 e. The molecule has 0 bridgehead atoms. The van der Waals surface area contributed by atoms with Crippen LogP contribution in [-0.2, 0) is 9.84 Å². The number of benzene rings is 1. The number of hydrogen-bond acceptors (Lipinski definition) is 4. The molecule has 0 atom stereocenters. The molecule has 20 heavy (non-hydrogen) atoms. The number of sulfone groups is 1. The Labute approximate surface area is 117 Å². The van der Waals surface area contributed by atoms with Gasteiger partial charge in [0.15, 0.2) is 0 Å². The molecule has 0 amide bonds. The van der Waals surface area contributed by atoms with Crippen LogP contribution in [0.25, 0.3) is 6.08 Å². The summed E-state index contributed by atoms with van der Waals surface area (Å²) < 4.78 is 24.7. The summed E-state index contributed by atoms with van der Waals surface area (Å²) in [5.41, 5.74) is 1.58. The summed E-state index contributed by atoms with van der Waals surface area (Å²) in [5.74, 6) is 0. The molecule has 0 unspecified atom stereocenters. The Morgan fingerprint density at radius 1 is 1.15 bits per heavy atom. The minimum atomic E-state index is -3.79. The first-order valence-corrected chi connectivity index (χ1v) is 7.36. The molecule has 0 aliphatic heterocycles. The van der Waals surface area contributed by atoms with Crippen molar-refractivity contribution in [3.05, 3.63) is 64.8 Å². The van der Waals surface area contributed by atoms with E-state index in [4.69, 9.17) is 5.26 Å². The number of aryl methyl sites for hydroxylation is 1. The molecule has 2 rings (SSSR count). The first kappa shape index (κ1) is 14.0. The van der Waals surface area contributed by atoms with Crippen molar-refractivity contribution in [2.75, 3.05) is 0 Å². The molecular weight excluding hydrogens is 272 g/mol. The van der Waals surface area contributed by atoms with Crippen LogP contribution in [0.3, 0.4) is 0 Å². The maximum atomic E-state index is 12.4. The van der Waals surface area contributed by atoms with Crippen molar-refractivity contribution in [1.82, 2.24) is 4.98 Å². The second-order valence-corrected chi connectivity index (χ2v) is 6.14. The van der Waals surface area contributed by atoms with Gasteiger partial charge in [-0.1, -0.05) is 17.7 Å². The summed E-state index contributed by atoms with van der Waals surface area (Å²) in [4.78, 5) is 3.68. The fourth-order valence-corrected chi connectivity index (χ4v) is 2.79. The van der Waals surface area contributed by atoms with Gasteiger partial charge in [0, 0.05) is 12.4 Å². The van der Waals surface area contributed by atoms with E-state index in [9.17, 15) is 8.42 Å². The lowest BCUT2D eigenvalue weighted by molar-refractivity contribution is 0.603. The van der Waals surface area contributed by atoms with Gasteiger partial charge in [0.2, 0.25) is 9.84 Å². The van der Waals surface area contributed by atoms with E-state index in [1.165, 1.54) is 18.2 Å². The van der Waals surface area contributed by atoms with Gasteiger partial charge in [-0.2, -0.15) is 5.26 Å². The minimum absolute atomic E-state index is 0.116. The van der Waals surface area contributed by atoms with Crippen LogP contribution in [0.5, 0.6) is 0 Å². The van der Waals surface area contributed by atoms with Gasteiger partial charge in [-0.05, 0) is 42.8 Å². The zero-order chi connectivity index (χ0) is 14.6. The predicted molar refractivity (Wildman–Crippen MR) is 76.2 cm³/mol. The van der Waals surface area contributed by atoms with Crippen molar-refractivity contribution in [3.63, 3.8) is 0 Å². The largest absolute Gasteiger partial charge is 0.265 e. The van der Waals surface area contributed by atoms with Crippen LogP contribution in [0.4, 0.5) is 0 Å². The third-order valence-electron chi connectivity index (χ3n) is 2.73. The molecule has 0 aliphatic carbocycles. The van der Waals surface area contributed by atoms with E-state index in [0.29, 0.717) is 5.56 Å². The molecule has 2 aromatic rings. The fourth-order valence-electron chi connectivity index (χ4n) is 1.63. The molecule has 0 spiro atoms. The molecule has 0 saturated heterocycles. The summed E-state index contributed by atoms with van der Waals surface area (Å²) in [6.07, 6.45) is 4.43. The highest BCUT2D eigenvalue weighted by atomic mass is 32.2. The molecule has 5 heteroatoms. The van der Waals surface area contributed by atoms with Crippen molar-refractivity contribution in [2.24, 2.45) is 0 Å². The Morgan fingerprint density at radius 2 is 1.75 bits per heavy atom. The van der Waals surface area contributed by atoms with Crippen molar-refractivity contribution < 1.29 is 8.42 Å². The number of rotatable bonds is 3. The van der Waals surface area contributed by atoms with Crippen molar-refractivity contribution in [1.29, 1.82) is 5.26 Å². The van der Waals surface area contributed by atoms with E-state index in [1.807, 2.05) is 6.92 Å². The number of nitriles is 1. The Balaban J connectivity index is 2.49. The average molecular weight is 284 g/mol. The number of nitrogens with zero attached hydrogens (tertiary/aromatic N) is 2. The van der Waals surface area contributed by atoms with Gasteiger partial charge in [-0.25, -0.2) is 8.42 Å². The van der Waals surface area contributed by atoms with E-state index < -0.39 is 9.84 Å². The molecule has 0 aliphatic rings. The van der Waals surface area contributed by atoms with Crippen molar-refractivity contribution in [2.45, 2.75) is 11.8 Å². The topological polar surface area (TPSA) is 70.8 Å². The first-order valence-electron chi connectivity index (χ1n) is 5.87. The molecule has 1 heterocycles. The molecular formula is C15H12N2O2S. The van der Waals surface area contributed by atoms with Crippen LogP contribution in [0.1, 0.15) is 11.1 Å². The van der Waals surface area contributed by atoms with Crippen LogP contribution >= 0.6 is 0 Å². The highest BCUT2D eigenvalue weighted by Gasteiger charge is 2.20. The summed E-state index contributed by atoms with van der Waals surface area (Å²) in [7, 11) is -3.79. The SMILES string of the molecule is Cc1ccc(S(=O)(=O)/C(C#N)=C/c2ccncc2)cc1. The minimum Gasteiger partial charge on any atom is -0.265 e. The average Bonchev–Trinajstić information content (AvgIpc) is 2.46. The van der Waals surface area contributed by atoms with E-state index in [2.05, 4.69) is 4.98 Å². The number of aromatic nitrogens is 1. The molecule has 0 fully saturated rings. The van der Waals surface area contributed by atoms with Gasteiger partial charge in [0.05, 0.1) is 4.90 Å². The van der Waals surface area contributed by atoms with Crippen LogP contribution in [0, 0.1) is 18.3 Å². The molecule has 0 radical (unpaired) electrons. The van der Waals surface area contributed by atoms with E-state index >= 15 is 0 Å². The zero-order valence-corrected chi connectivity index (χ0v) is 11.6. The zero-order valence-electron chi connectivity index (χ0n) is 10.8. The molecule has 100 valence electrons. The highest BCUT2D eigenvalue weighted by molar-refractivity contribution is 7.95. The third kappa shape index (κ3) is 2.92. The fraction of sp³-hybridized carbons (Fsp3) is 0.0667. The summed E-state index contributed by atoms with van der Waals surface area (Å²) in [5, 5.41) is 9.13. The number of hydrogen-bond donors (Lipinski definition) is 0. The summed E-state index contributed by atoms with van der Waals surface area (Å²) in [6, 6.07) is 11.4. The maximum absolute atomic E-state index is 12.4. The summed E-state index contributed by atoms with van der Waals surface area (Å²) >= 11 is 0. The molecule has 0 saturated carbocycles. The monoisotopic (exact) mass is 284 g/mol. The van der Waals surface area contributed by atoms with Gasteiger partial charge >= 0.3 is 0 Å². The van der Waals surface area contributed by atoms with Gasteiger partial charge in [-0.15, -0.1) is 0 Å². The second kappa shape index (κ2) is 5.68. The lowest BCUT2D eigenvalue weighted by Crippen LogP contribution is -2.03. The van der Waals surface area contributed by atoms with Crippen LogP contribution in [0.15, 0.2) is 58.6 Å². The van der Waals surface area contributed by atoms with Crippen LogP contribution in [0.2, 0.25) is 0 Å². The van der Waals surface area contributed by atoms with Gasteiger partial charge < -0.3 is 0 Å². The standard InChI is InChI=1S/C15H12N2O2S/c1-12-2-4-14(5-3-12)20(18,19)15(11-16)10-13-6-8-17-9-7-13/h2-10H,1H3/b15-10+. The van der Waals surface area contributed by atoms with E-state index in [1.54, 1.807) is 42.7 Å². The first-order chi connectivity index (χ1) is 9.54. The Kier molecular flexibility index (Phi) is 3.97. The second-order valence-electron chi connectivity index (χ2n) is 4.22. The van der Waals surface area contributed by atoms with Crippen molar-refractivity contribution >= 4 is 15.9 Å².